The van der Waals surface area contributed by atoms with E-state index in [-0.39, 0.29) is 5.91 Å². The minimum Gasteiger partial charge on any atom is -0.353 e. The molecule has 0 bridgehead atoms. The van der Waals surface area contributed by atoms with E-state index in [2.05, 4.69) is 12.2 Å². The molecule has 1 amide bonds. The van der Waals surface area contributed by atoms with Crippen molar-refractivity contribution < 1.29 is 4.79 Å². The summed E-state index contributed by atoms with van der Waals surface area (Å²) in [7, 11) is 0. The molecular weight excluding hydrogens is 188 g/mol. The third kappa shape index (κ3) is 3.49. The lowest BCUT2D eigenvalue weighted by Crippen LogP contribution is -2.47. The first-order valence-corrected chi connectivity index (χ1v) is 5.96. The standard InChI is InChI=1S/C12H24N2O/c1-9-4-6-10(7-5-9)14-11(15)12(2,3)8-13/h9-10H,4-8,13H2,1-3H3,(H,14,15). The van der Waals surface area contributed by atoms with Gasteiger partial charge < -0.3 is 11.1 Å². The predicted molar refractivity (Wildman–Crippen MR) is 62.4 cm³/mol. The Morgan fingerprint density at radius 1 is 1.33 bits per heavy atom. The van der Waals surface area contributed by atoms with Gasteiger partial charge >= 0.3 is 0 Å². The molecule has 0 saturated heterocycles. The first kappa shape index (κ1) is 12.5. The SMILES string of the molecule is CC1CCC(NC(=O)C(C)(C)CN)CC1. The van der Waals surface area contributed by atoms with E-state index in [0.29, 0.717) is 12.6 Å². The van der Waals surface area contributed by atoms with Crippen molar-refractivity contribution >= 4 is 5.91 Å². The highest BCUT2D eigenvalue weighted by molar-refractivity contribution is 5.82. The fraction of sp³-hybridized carbons (Fsp3) is 0.917. The zero-order chi connectivity index (χ0) is 11.5. The van der Waals surface area contributed by atoms with E-state index in [1.807, 2.05) is 13.8 Å². The largest absolute Gasteiger partial charge is 0.353 e. The molecule has 0 radical (unpaired) electrons. The maximum absolute atomic E-state index is 11.9. The smallest absolute Gasteiger partial charge is 0.227 e. The van der Waals surface area contributed by atoms with E-state index in [1.54, 1.807) is 0 Å². The van der Waals surface area contributed by atoms with E-state index < -0.39 is 5.41 Å². The molecule has 0 aromatic heterocycles. The molecule has 1 aliphatic rings. The van der Waals surface area contributed by atoms with Crippen molar-refractivity contribution in [1.82, 2.24) is 5.32 Å². The van der Waals surface area contributed by atoms with Gasteiger partial charge in [-0.2, -0.15) is 0 Å². The molecule has 0 aliphatic heterocycles. The Labute approximate surface area is 92.8 Å². The number of nitrogens with two attached hydrogens (primary N) is 1. The summed E-state index contributed by atoms with van der Waals surface area (Å²) in [5, 5.41) is 3.11. The summed E-state index contributed by atoms with van der Waals surface area (Å²) in [4.78, 5) is 11.9. The van der Waals surface area contributed by atoms with Gasteiger partial charge in [-0.25, -0.2) is 0 Å². The van der Waals surface area contributed by atoms with Gasteiger partial charge in [-0.05, 0) is 45.4 Å². The summed E-state index contributed by atoms with van der Waals surface area (Å²) >= 11 is 0. The number of nitrogens with one attached hydrogen (secondary N) is 1. The van der Waals surface area contributed by atoms with Crippen molar-refractivity contribution in [3.63, 3.8) is 0 Å². The maximum Gasteiger partial charge on any atom is 0.227 e. The number of carbonyl (C=O) groups excluding carboxylic acids is 1. The van der Waals surface area contributed by atoms with Crippen molar-refractivity contribution in [2.75, 3.05) is 6.54 Å². The first-order valence-electron chi connectivity index (χ1n) is 5.96. The molecule has 0 aromatic carbocycles. The van der Waals surface area contributed by atoms with Gasteiger partial charge in [0, 0.05) is 12.6 Å². The average molecular weight is 212 g/mol. The van der Waals surface area contributed by atoms with Crippen LogP contribution in [0.4, 0.5) is 0 Å². The highest BCUT2D eigenvalue weighted by Gasteiger charge is 2.28. The Morgan fingerprint density at radius 3 is 2.33 bits per heavy atom. The lowest BCUT2D eigenvalue weighted by atomic mass is 9.86. The molecule has 1 fully saturated rings. The van der Waals surface area contributed by atoms with Gasteiger partial charge in [-0.3, -0.25) is 4.79 Å². The van der Waals surface area contributed by atoms with Crippen molar-refractivity contribution in [2.45, 2.75) is 52.5 Å². The van der Waals surface area contributed by atoms with Crippen LogP contribution in [0, 0.1) is 11.3 Å². The van der Waals surface area contributed by atoms with Crippen LogP contribution in [0.5, 0.6) is 0 Å². The van der Waals surface area contributed by atoms with Gasteiger partial charge in [0.05, 0.1) is 5.41 Å². The molecule has 0 aromatic rings. The Balaban J connectivity index is 2.39. The van der Waals surface area contributed by atoms with Gasteiger partial charge in [0.2, 0.25) is 5.91 Å². The number of amides is 1. The molecule has 1 aliphatic carbocycles. The van der Waals surface area contributed by atoms with Crippen molar-refractivity contribution in [1.29, 1.82) is 0 Å². The Morgan fingerprint density at radius 2 is 1.87 bits per heavy atom. The van der Waals surface area contributed by atoms with Crippen molar-refractivity contribution in [2.24, 2.45) is 17.1 Å². The summed E-state index contributed by atoms with van der Waals surface area (Å²) < 4.78 is 0. The van der Waals surface area contributed by atoms with Crippen LogP contribution in [0.15, 0.2) is 0 Å². The zero-order valence-corrected chi connectivity index (χ0v) is 10.2. The van der Waals surface area contributed by atoms with Crippen LogP contribution in [-0.2, 0) is 4.79 Å². The molecule has 3 N–H and O–H groups in total. The number of hydrogen-bond acceptors (Lipinski definition) is 2. The lowest BCUT2D eigenvalue weighted by molar-refractivity contribution is -0.129. The van der Waals surface area contributed by atoms with Gasteiger partial charge in [0.25, 0.3) is 0 Å². The zero-order valence-electron chi connectivity index (χ0n) is 10.2. The summed E-state index contributed by atoms with van der Waals surface area (Å²) in [6.45, 7) is 6.48. The molecule has 88 valence electrons. The average Bonchev–Trinajstić information content (AvgIpc) is 2.21. The van der Waals surface area contributed by atoms with Gasteiger partial charge in [0.15, 0.2) is 0 Å². The monoisotopic (exact) mass is 212 g/mol. The Hall–Kier alpha value is -0.570. The third-order valence-electron chi connectivity index (χ3n) is 3.48. The van der Waals surface area contributed by atoms with Crippen molar-refractivity contribution in [3.05, 3.63) is 0 Å². The molecule has 1 saturated carbocycles. The molecule has 0 heterocycles. The third-order valence-corrected chi connectivity index (χ3v) is 3.48. The van der Waals surface area contributed by atoms with Crippen LogP contribution in [0.2, 0.25) is 0 Å². The van der Waals surface area contributed by atoms with Gasteiger partial charge in [0.1, 0.15) is 0 Å². The highest BCUT2D eigenvalue weighted by Crippen LogP contribution is 2.24. The lowest BCUT2D eigenvalue weighted by Gasteiger charge is -2.30. The highest BCUT2D eigenvalue weighted by atomic mass is 16.2. The van der Waals surface area contributed by atoms with E-state index >= 15 is 0 Å². The predicted octanol–water partition coefficient (Wildman–Crippen LogP) is 1.67. The van der Waals surface area contributed by atoms with Crippen LogP contribution < -0.4 is 11.1 Å². The Kier molecular flexibility index (Phi) is 4.14. The summed E-state index contributed by atoms with van der Waals surface area (Å²) in [5.74, 6) is 0.922. The Bertz CT molecular complexity index is 218. The van der Waals surface area contributed by atoms with E-state index in [4.69, 9.17) is 5.73 Å². The molecule has 3 heteroatoms. The summed E-state index contributed by atoms with van der Waals surface area (Å²) in [5.41, 5.74) is 5.15. The minimum absolute atomic E-state index is 0.101. The number of hydrogen-bond donors (Lipinski definition) is 2. The quantitative estimate of drug-likeness (QED) is 0.747. The molecule has 15 heavy (non-hydrogen) atoms. The van der Waals surface area contributed by atoms with E-state index in [1.165, 1.54) is 12.8 Å². The fourth-order valence-electron chi connectivity index (χ4n) is 1.88. The van der Waals surface area contributed by atoms with E-state index in [9.17, 15) is 4.79 Å². The number of rotatable bonds is 3. The van der Waals surface area contributed by atoms with Crippen LogP contribution in [0.25, 0.3) is 0 Å². The minimum atomic E-state index is -0.428. The fourth-order valence-corrected chi connectivity index (χ4v) is 1.88. The van der Waals surface area contributed by atoms with Gasteiger partial charge in [-0.1, -0.05) is 6.92 Å². The second-order valence-corrected chi connectivity index (χ2v) is 5.52. The second-order valence-electron chi connectivity index (χ2n) is 5.52. The van der Waals surface area contributed by atoms with Crippen molar-refractivity contribution in [3.8, 4) is 0 Å². The molecular formula is C12H24N2O. The summed E-state index contributed by atoms with van der Waals surface area (Å²) in [6, 6.07) is 0.375. The number of carbonyl (C=O) groups is 1. The topological polar surface area (TPSA) is 55.1 Å². The molecule has 3 nitrogen and oxygen atoms in total. The molecule has 1 rings (SSSR count). The van der Waals surface area contributed by atoms with Crippen LogP contribution >= 0.6 is 0 Å². The second kappa shape index (κ2) is 4.97. The van der Waals surface area contributed by atoms with Gasteiger partial charge in [-0.15, -0.1) is 0 Å². The summed E-state index contributed by atoms with van der Waals surface area (Å²) in [6.07, 6.45) is 4.70. The van der Waals surface area contributed by atoms with E-state index in [0.717, 1.165) is 18.8 Å². The molecule has 0 unspecified atom stereocenters. The maximum atomic E-state index is 11.9. The van der Waals surface area contributed by atoms with Crippen LogP contribution in [-0.4, -0.2) is 18.5 Å². The first-order chi connectivity index (χ1) is 6.95. The molecule has 0 spiro atoms. The molecule has 0 atom stereocenters. The van der Waals surface area contributed by atoms with Crippen LogP contribution in [0.1, 0.15) is 46.5 Å². The normalized spacial score (nSPS) is 27.5. The van der Waals surface area contributed by atoms with Crippen LogP contribution in [0.3, 0.4) is 0 Å².